The molecule has 0 radical (unpaired) electrons. The van der Waals surface area contributed by atoms with E-state index in [1.54, 1.807) is 11.9 Å². The summed E-state index contributed by atoms with van der Waals surface area (Å²) in [4.78, 5) is 10.4. The number of rotatable bonds is 3. The van der Waals surface area contributed by atoms with Gasteiger partial charge in [0.1, 0.15) is 6.29 Å². The first-order chi connectivity index (χ1) is 4.88. The van der Waals surface area contributed by atoms with Gasteiger partial charge in [0.15, 0.2) is 0 Å². The number of carbonyl (C=O) groups excluding carboxylic acids is 1. The fraction of sp³-hybridized carbons (Fsp3) is 0.571. The Morgan fingerprint density at radius 3 is 3.20 bits per heavy atom. The zero-order chi connectivity index (χ0) is 7.40. The molecule has 2 nitrogen and oxygen atoms in total. The first-order valence-corrected chi connectivity index (χ1v) is 4.27. The van der Waals surface area contributed by atoms with Crippen molar-refractivity contribution in [1.82, 2.24) is 4.31 Å². The molecule has 0 amide bonds. The lowest BCUT2D eigenvalue weighted by Gasteiger charge is -2.16. The highest BCUT2D eigenvalue weighted by molar-refractivity contribution is 8.00. The average Bonchev–Trinajstić information content (AvgIpc) is 2.36. The molecule has 0 saturated heterocycles. The van der Waals surface area contributed by atoms with Crippen LogP contribution in [-0.4, -0.2) is 23.2 Å². The normalized spacial score (nSPS) is 25.5. The van der Waals surface area contributed by atoms with Crippen LogP contribution in [0.2, 0.25) is 0 Å². The number of aldehydes is 1. The summed E-state index contributed by atoms with van der Waals surface area (Å²) >= 11 is 1.62. The summed E-state index contributed by atoms with van der Waals surface area (Å²) in [6.07, 6.45) is 4.00. The Labute approximate surface area is 65.4 Å². The molecule has 1 aliphatic rings. The maximum atomic E-state index is 10.4. The molecule has 0 N–H and O–H groups in total. The summed E-state index contributed by atoms with van der Waals surface area (Å²) in [6.45, 7) is 3.10. The number of hydrogen-bond acceptors (Lipinski definition) is 3. The van der Waals surface area contributed by atoms with Crippen molar-refractivity contribution in [2.45, 2.75) is 19.4 Å². The van der Waals surface area contributed by atoms with E-state index in [1.165, 1.54) is 0 Å². The van der Waals surface area contributed by atoms with Crippen molar-refractivity contribution in [2.75, 3.05) is 6.54 Å². The third-order valence-corrected chi connectivity index (χ3v) is 2.36. The fourth-order valence-electron chi connectivity index (χ4n) is 0.895. The zero-order valence-electron chi connectivity index (χ0n) is 5.99. The van der Waals surface area contributed by atoms with Gasteiger partial charge in [0.25, 0.3) is 0 Å². The Kier molecular flexibility index (Phi) is 2.96. The van der Waals surface area contributed by atoms with E-state index in [1.807, 2.05) is 11.5 Å². The van der Waals surface area contributed by atoms with Crippen molar-refractivity contribution in [3.63, 3.8) is 0 Å². The average molecular weight is 157 g/mol. The largest absolute Gasteiger partial charge is 0.301 e. The molecule has 0 aromatic heterocycles. The fourth-order valence-corrected chi connectivity index (χ4v) is 1.83. The monoisotopic (exact) mass is 157 g/mol. The van der Waals surface area contributed by atoms with E-state index in [0.29, 0.717) is 0 Å². The lowest BCUT2D eigenvalue weighted by atomic mass is 10.3. The molecule has 1 aliphatic heterocycles. The summed E-state index contributed by atoms with van der Waals surface area (Å²) in [7, 11) is 0. The predicted octanol–water partition coefficient (Wildman–Crippen LogP) is 1.44. The van der Waals surface area contributed by atoms with E-state index < -0.39 is 0 Å². The molecule has 1 rings (SSSR count). The minimum atomic E-state index is 0.0185. The van der Waals surface area contributed by atoms with E-state index in [4.69, 9.17) is 0 Å². The van der Waals surface area contributed by atoms with Crippen LogP contribution in [0.3, 0.4) is 0 Å². The van der Waals surface area contributed by atoms with Crippen LogP contribution < -0.4 is 0 Å². The van der Waals surface area contributed by atoms with Gasteiger partial charge in [-0.05, 0) is 23.8 Å². The Hall–Kier alpha value is -0.280. The smallest absolute Gasteiger partial charge is 0.141 e. The third kappa shape index (κ3) is 1.61. The maximum absolute atomic E-state index is 10.4. The van der Waals surface area contributed by atoms with Crippen molar-refractivity contribution in [1.29, 1.82) is 0 Å². The maximum Gasteiger partial charge on any atom is 0.141 e. The van der Waals surface area contributed by atoms with Crippen LogP contribution >= 0.6 is 11.9 Å². The van der Waals surface area contributed by atoms with Crippen LogP contribution in [0.25, 0.3) is 0 Å². The van der Waals surface area contributed by atoms with E-state index in [0.717, 1.165) is 19.3 Å². The molecule has 0 fully saturated rings. The molecule has 0 aromatic carbocycles. The summed E-state index contributed by atoms with van der Waals surface area (Å²) in [6, 6.07) is 0.0185. The quantitative estimate of drug-likeness (QED) is 0.457. The van der Waals surface area contributed by atoms with Gasteiger partial charge in [0, 0.05) is 6.54 Å². The molecule has 0 spiro atoms. The lowest BCUT2D eigenvalue weighted by molar-refractivity contribution is -0.109. The molecule has 0 saturated carbocycles. The van der Waals surface area contributed by atoms with Crippen LogP contribution in [0.4, 0.5) is 0 Å². The molecule has 10 heavy (non-hydrogen) atoms. The van der Waals surface area contributed by atoms with Gasteiger partial charge >= 0.3 is 0 Å². The van der Waals surface area contributed by atoms with Crippen LogP contribution in [0.1, 0.15) is 13.3 Å². The van der Waals surface area contributed by atoms with Gasteiger partial charge < -0.3 is 4.79 Å². The molecular weight excluding hydrogens is 146 g/mol. The van der Waals surface area contributed by atoms with Gasteiger partial charge in [-0.25, -0.2) is 4.31 Å². The molecule has 0 aromatic rings. The zero-order valence-corrected chi connectivity index (χ0v) is 6.80. The standard InChI is InChI=1S/C7H11NOS/c1-2-4-8-7(6-9)3-5-10-8/h3,5-7H,2,4H2,1H3. The van der Waals surface area contributed by atoms with E-state index in [9.17, 15) is 4.79 Å². The molecule has 1 heterocycles. The van der Waals surface area contributed by atoms with Gasteiger partial charge in [-0.3, -0.25) is 0 Å². The van der Waals surface area contributed by atoms with Gasteiger partial charge in [0.2, 0.25) is 0 Å². The summed E-state index contributed by atoms with van der Waals surface area (Å²) in [5.74, 6) is 0. The molecule has 1 unspecified atom stereocenters. The van der Waals surface area contributed by atoms with Crippen molar-refractivity contribution in [2.24, 2.45) is 0 Å². The Bertz CT molecular complexity index is 147. The number of hydrogen-bond donors (Lipinski definition) is 0. The summed E-state index contributed by atoms with van der Waals surface area (Å²) < 4.78 is 2.08. The minimum Gasteiger partial charge on any atom is -0.301 e. The van der Waals surface area contributed by atoms with Crippen LogP contribution in [0.15, 0.2) is 11.5 Å². The van der Waals surface area contributed by atoms with Crippen LogP contribution in [-0.2, 0) is 4.79 Å². The highest BCUT2D eigenvalue weighted by Crippen LogP contribution is 2.22. The van der Waals surface area contributed by atoms with E-state index in [-0.39, 0.29) is 6.04 Å². The number of nitrogens with zero attached hydrogens (tertiary/aromatic N) is 1. The van der Waals surface area contributed by atoms with Gasteiger partial charge in [0.05, 0.1) is 6.04 Å². The van der Waals surface area contributed by atoms with Crippen molar-refractivity contribution in [3.8, 4) is 0 Å². The molecular formula is C7H11NOS. The number of carbonyl (C=O) groups is 1. The Morgan fingerprint density at radius 1 is 1.80 bits per heavy atom. The summed E-state index contributed by atoms with van der Waals surface area (Å²) in [5.41, 5.74) is 0. The topological polar surface area (TPSA) is 20.3 Å². The van der Waals surface area contributed by atoms with E-state index >= 15 is 0 Å². The molecule has 56 valence electrons. The van der Waals surface area contributed by atoms with Crippen LogP contribution in [0.5, 0.6) is 0 Å². The van der Waals surface area contributed by atoms with Gasteiger partial charge in [-0.2, -0.15) is 0 Å². The van der Waals surface area contributed by atoms with Gasteiger partial charge in [-0.1, -0.05) is 13.0 Å². The van der Waals surface area contributed by atoms with Gasteiger partial charge in [-0.15, -0.1) is 0 Å². The highest BCUT2D eigenvalue weighted by Gasteiger charge is 2.17. The Morgan fingerprint density at radius 2 is 2.60 bits per heavy atom. The second-order valence-electron chi connectivity index (χ2n) is 2.20. The SMILES string of the molecule is CCCN1SC=CC1C=O. The first kappa shape index (κ1) is 7.82. The second-order valence-corrected chi connectivity index (χ2v) is 3.15. The molecule has 0 bridgehead atoms. The molecule has 0 aliphatic carbocycles. The van der Waals surface area contributed by atoms with Crippen molar-refractivity contribution in [3.05, 3.63) is 11.5 Å². The lowest BCUT2D eigenvalue weighted by Crippen LogP contribution is -2.25. The van der Waals surface area contributed by atoms with Crippen molar-refractivity contribution >= 4 is 18.2 Å². The highest BCUT2D eigenvalue weighted by atomic mass is 32.2. The van der Waals surface area contributed by atoms with E-state index in [2.05, 4.69) is 11.2 Å². The first-order valence-electron chi connectivity index (χ1n) is 3.44. The molecule has 3 heteroatoms. The predicted molar refractivity (Wildman–Crippen MR) is 43.6 cm³/mol. The minimum absolute atomic E-state index is 0.0185. The molecule has 1 atom stereocenters. The Balaban J connectivity index is 2.39. The van der Waals surface area contributed by atoms with Crippen molar-refractivity contribution < 1.29 is 4.79 Å². The summed E-state index contributed by atoms with van der Waals surface area (Å²) in [5, 5.41) is 1.97. The third-order valence-electron chi connectivity index (χ3n) is 1.39. The van der Waals surface area contributed by atoms with Crippen LogP contribution in [0, 0.1) is 0 Å². The second kappa shape index (κ2) is 3.78.